The molecule has 4 heteroatoms. The lowest BCUT2D eigenvalue weighted by atomic mass is 9.97. The highest BCUT2D eigenvalue weighted by molar-refractivity contribution is 8.00. The van der Waals surface area contributed by atoms with Gasteiger partial charge in [-0.25, -0.2) is 4.39 Å². The highest BCUT2D eigenvalue weighted by atomic mass is 32.2. The SMILES string of the molecule is CC(N)C(c1ccccc1F)N1CCSC(C)(C)C1. The number of nitrogens with two attached hydrogens (primary N) is 1. The summed E-state index contributed by atoms with van der Waals surface area (Å²) in [6.07, 6.45) is 0. The Kier molecular flexibility index (Phi) is 4.54. The van der Waals surface area contributed by atoms with Crippen LogP contribution in [0.5, 0.6) is 0 Å². The van der Waals surface area contributed by atoms with Gasteiger partial charge in [-0.05, 0) is 26.8 Å². The van der Waals surface area contributed by atoms with Gasteiger partial charge in [0, 0.05) is 35.2 Å². The van der Waals surface area contributed by atoms with Crippen LogP contribution in [-0.2, 0) is 0 Å². The molecule has 0 aliphatic carbocycles. The smallest absolute Gasteiger partial charge is 0.128 e. The summed E-state index contributed by atoms with van der Waals surface area (Å²) in [7, 11) is 0. The lowest BCUT2D eigenvalue weighted by Gasteiger charge is -2.43. The Bertz CT molecular complexity index is 434. The van der Waals surface area contributed by atoms with Crippen molar-refractivity contribution >= 4 is 11.8 Å². The first-order chi connectivity index (χ1) is 8.91. The van der Waals surface area contributed by atoms with Crippen molar-refractivity contribution in [2.24, 2.45) is 5.73 Å². The number of hydrogen-bond donors (Lipinski definition) is 1. The summed E-state index contributed by atoms with van der Waals surface area (Å²) < 4.78 is 14.3. The second-order valence-corrected chi connectivity index (χ2v) is 7.71. The predicted octanol–water partition coefficient (Wildman–Crippen LogP) is 3.04. The van der Waals surface area contributed by atoms with Gasteiger partial charge in [-0.15, -0.1) is 0 Å². The Morgan fingerprint density at radius 1 is 1.37 bits per heavy atom. The van der Waals surface area contributed by atoms with Crippen LogP contribution in [0.3, 0.4) is 0 Å². The lowest BCUT2D eigenvalue weighted by molar-refractivity contribution is 0.165. The molecule has 2 nitrogen and oxygen atoms in total. The van der Waals surface area contributed by atoms with Gasteiger partial charge < -0.3 is 5.73 Å². The standard InChI is InChI=1S/C15H23FN2S/c1-11(17)14(12-6-4-5-7-13(12)16)18-8-9-19-15(2,3)10-18/h4-7,11,14H,8-10,17H2,1-3H3. The van der Waals surface area contributed by atoms with Crippen molar-refractivity contribution < 1.29 is 4.39 Å². The van der Waals surface area contributed by atoms with Gasteiger partial charge in [0.25, 0.3) is 0 Å². The average molecular weight is 282 g/mol. The van der Waals surface area contributed by atoms with E-state index >= 15 is 0 Å². The molecular formula is C15H23FN2S. The Hall–Kier alpha value is -0.580. The van der Waals surface area contributed by atoms with Gasteiger partial charge in [0.2, 0.25) is 0 Å². The Morgan fingerprint density at radius 3 is 2.63 bits per heavy atom. The van der Waals surface area contributed by atoms with E-state index in [4.69, 9.17) is 5.73 Å². The van der Waals surface area contributed by atoms with Gasteiger partial charge in [-0.3, -0.25) is 4.90 Å². The minimum Gasteiger partial charge on any atom is -0.326 e. The van der Waals surface area contributed by atoms with Crippen LogP contribution in [-0.4, -0.2) is 34.5 Å². The fraction of sp³-hybridized carbons (Fsp3) is 0.600. The van der Waals surface area contributed by atoms with E-state index in [2.05, 4.69) is 18.7 Å². The molecular weight excluding hydrogens is 259 g/mol. The first kappa shape index (κ1) is 14.8. The maximum absolute atomic E-state index is 14.1. The van der Waals surface area contributed by atoms with Crippen LogP contribution in [0.4, 0.5) is 4.39 Å². The summed E-state index contributed by atoms with van der Waals surface area (Å²) >= 11 is 1.98. The van der Waals surface area contributed by atoms with Crippen LogP contribution in [0.2, 0.25) is 0 Å². The molecule has 1 heterocycles. The Morgan fingerprint density at radius 2 is 2.05 bits per heavy atom. The van der Waals surface area contributed by atoms with Gasteiger partial charge >= 0.3 is 0 Å². The number of thioether (sulfide) groups is 1. The molecule has 2 unspecified atom stereocenters. The second-order valence-electron chi connectivity index (χ2n) is 5.90. The van der Waals surface area contributed by atoms with Gasteiger partial charge in [0.1, 0.15) is 5.82 Å². The molecule has 1 aliphatic heterocycles. The molecule has 1 saturated heterocycles. The summed E-state index contributed by atoms with van der Waals surface area (Å²) in [4.78, 5) is 2.33. The normalized spacial score (nSPS) is 23.0. The lowest BCUT2D eigenvalue weighted by Crippen LogP contribution is -2.49. The molecule has 0 radical (unpaired) electrons. The van der Waals surface area contributed by atoms with Crippen molar-refractivity contribution in [3.05, 3.63) is 35.6 Å². The number of nitrogens with zero attached hydrogens (tertiary/aromatic N) is 1. The van der Waals surface area contributed by atoms with Crippen molar-refractivity contribution in [2.45, 2.75) is 37.6 Å². The summed E-state index contributed by atoms with van der Waals surface area (Å²) in [5, 5.41) is 0. The molecule has 0 bridgehead atoms. The molecule has 1 aromatic rings. The molecule has 1 fully saturated rings. The zero-order valence-corrected chi connectivity index (χ0v) is 12.7. The molecule has 0 aromatic heterocycles. The molecule has 2 atom stereocenters. The van der Waals surface area contributed by atoms with Crippen molar-refractivity contribution in [3.63, 3.8) is 0 Å². The molecule has 1 aliphatic rings. The Labute approximate surface area is 119 Å². The van der Waals surface area contributed by atoms with E-state index in [1.807, 2.05) is 30.8 Å². The van der Waals surface area contributed by atoms with Crippen LogP contribution in [0.1, 0.15) is 32.4 Å². The molecule has 0 amide bonds. The zero-order chi connectivity index (χ0) is 14.0. The fourth-order valence-electron chi connectivity index (χ4n) is 2.82. The average Bonchev–Trinajstić information content (AvgIpc) is 2.30. The summed E-state index contributed by atoms with van der Waals surface area (Å²) in [6.45, 7) is 8.35. The predicted molar refractivity (Wildman–Crippen MR) is 80.9 cm³/mol. The molecule has 1 aromatic carbocycles. The maximum Gasteiger partial charge on any atom is 0.128 e. The maximum atomic E-state index is 14.1. The topological polar surface area (TPSA) is 29.3 Å². The number of rotatable bonds is 3. The third-order valence-corrected chi connectivity index (χ3v) is 4.87. The van der Waals surface area contributed by atoms with E-state index in [-0.39, 0.29) is 22.6 Å². The van der Waals surface area contributed by atoms with Crippen LogP contribution in [0, 0.1) is 5.82 Å². The summed E-state index contributed by atoms with van der Waals surface area (Å²) in [5.41, 5.74) is 6.86. The van der Waals surface area contributed by atoms with Crippen molar-refractivity contribution in [3.8, 4) is 0 Å². The number of halogens is 1. The van der Waals surface area contributed by atoms with Crippen molar-refractivity contribution in [2.75, 3.05) is 18.8 Å². The van der Waals surface area contributed by atoms with Gasteiger partial charge in [0.15, 0.2) is 0 Å². The minimum absolute atomic E-state index is 0.0404. The third-order valence-electron chi connectivity index (χ3n) is 3.57. The van der Waals surface area contributed by atoms with E-state index in [0.717, 1.165) is 24.4 Å². The summed E-state index contributed by atoms with van der Waals surface area (Å²) in [6, 6.07) is 6.87. The van der Waals surface area contributed by atoms with Crippen LogP contribution < -0.4 is 5.73 Å². The molecule has 2 N–H and O–H groups in total. The summed E-state index contributed by atoms with van der Waals surface area (Å²) in [5.74, 6) is 0.922. The minimum atomic E-state index is -0.152. The zero-order valence-electron chi connectivity index (χ0n) is 11.9. The van der Waals surface area contributed by atoms with E-state index in [1.165, 1.54) is 6.07 Å². The molecule has 0 saturated carbocycles. The second kappa shape index (κ2) is 5.81. The van der Waals surface area contributed by atoms with Crippen molar-refractivity contribution in [1.82, 2.24) is 4.90 Å². The van der Waals surface area contributed by atoms with Crippen molar-refractivity contribution in [1.29, 1.82) is 0 Å². The number of hydrogen-bond acceptors (Lipinski definition) is 3. The van der Waals surface area contributed by atoms with E-state index < -0.39 is 0 Å². The highest BCUT2D eigenvalue weighted by Crippen LogP contribution is 2.35. The fourth-order valence-corrected chi connectivity index (χ4v) is 3.95. The molecule has 19 heavy (non-hydrogen) atoms. The van der Waals surface area contributed by atoms with E-state index in [1.54, 1.807) is 6.07 Å². The third kappa shape index (κ3) is 3.50. The van der Waals surface area contributed by atoms with Gasteiger partial charge in [0.05, 0.1) is 6.04 Å². The molecule has 2 rings (SSSR count). The van der Waals surface area contributed by atoms with Gasteiger partial charge in [-0.1, -0.05) is 18.2 Å². The van der Waals surface area contributed by atoms with Crippen LogP contribution in [0.15, 0.2) is 24.3 Å². The monoisotopic (exact) mass is 282 g/mol. The van der Waals surface area contributed by atoms with E-state index in [0.29, 0.717) is 0 Å². The molecule has 0 spiro atoms. The van der Waals surface area contributed by atoms with E-state index in [9.17, 15) is 4.39 Å². The first-order valence-electron chi connectivity index (χ1n) is 6.79. The molecule has 106 valence electrons. The van der Waals surface area contributed by atoms with Crippen LogP contribution >= 0.6 is 11.8 Å². The highest BCUT2D eigenvalue weighted by Gasteiger charge is 2.34. The largest absolute Gasteiger partial charge is 0.326 e. The number of benzene rings is 1. The van der Waals surface area contributed by atoms with Gasteiger partial charge in [-0.2, -0.15) is 11.8 Å². The van der Waals surface area contributed by atoms with Crippen LogP contribution in [0.25, 0.3) is 0 Å². The quantitative estimate of drug-likeness (QED) is 0.924. The first-order valence-corrected chi connectivity index (χ1v) is 7.77. The Balaban J connectivity index is 2.28.